The maximum absolute atomic E-state index is 11.6. The highest BCUT2D eigenvalue weighted by Crippen LogP contribution is 2.59. The first kappa shape index (κ1) is 9.62. The maximum Gasteiger partial charge on any atom is 0.140 e. The van der Waals surface area contributed by atoms with Crippen LogP contribution >= 0.6 is 0 Å². The van der Waals surface area contributed by atoms with Crippen LogP contribution < -0.4 is 0 Å². The summed E-state index contributed by atoms with van der Waals surface area (Å²) < 4.78 is 0. The molecule has 82 valence electrons. The first-order valence-electron chi connectivity index (χ1n) is 6.13. The molecule has 0 saturated heterocycles. The number of Topliss-reactive ketones (excluding diaryl/α,β-unsaturated/α-hetero) is 1. The van der Waals surface area contributed by atoms with E-state index in [-0.39, 0.29) is 5.92 Å². The van der Waals surface area contributed by atoms with Gasteiger partial charge in [-0.3, -0.25) is 4.79 Å². The fourth-order valence-electron chi connectivity index (χ4n) is 4.11. The number of carbonyl (C=O) groups excluding carboxylic acids is 1. The molecular formula is C14H20O. The van der Waals surface area contributed by atoms with Crippen molar-refractivity contribution in [2.45, 2.75) is 46.5 Å². The molecule has 1 nitrogen and oxygen atoms in total. The van der Waals surface area contributed by atoms with E-state index in [0.29, 0.717) is 16.6 Å². The zero-order valence-electron chi connectivity index (χ0n) is 9.97. The van der Waals surface area contributed by atoms with Crippen LogP contribution in [0.2, 0.25) is 0 Å². The molecule has 0 aliphatic heterocycles. The van der Waals surface area contributed by atoms with E-state index >= 15 is 0 Å². The Balaban J connectivity index is 1.93. The van der Waals surface area contributed by atoms with E-state index in [0.717, 1.165) is 12.3 Å². The van der Waals surface area contributed by atoms with Crippen molar-refractivity contribution in [3.05, 3.63) is 11.6 Å². The molecule has 3 atom stereocenters. The molecule has 2 saturated carbocycles. The first-order chi connectivity index (χ1) is 6.90. The number of fused-ring (bicyclic) bond motifs is 2. The highest BCUT2D eigenvalue weighted by Gasteiger charge is 2.54. The van der Waals surface area contributed by atoms with Crippen molar-refractivity contribution in [2.24, 2.45) is 22.7 Å². The highest BCUT2D eigenvalue weighted by molar-refractivity contribution is 5.91. The van der Waals surface area contributed by atoms with Gasteiger partial charge >= 0.3 is 0 Å². The Bertz CT molecular complexity index is 364. The number of rotatable bonds is 0. The fraction of sp³-hybridized carbons (Fsp3) is 0.786. The molecule has 1 heteroatoms. The number of allylic oxidation sites excluding steroid dienone is 2. The zero-order chi connectivity index (χ0) is 10.8. The van der Waals surface area contributed by atoms with Crippen LogP contribution in [0.4, 0.5) is 0 Å². The third-order valence-electron chi connectivity index (χ3n) is 4.78. The monoisotopic (exact) mass is 204 g/mol. The van der Waals surface area contributed by atoms with Gasteiger partial charge in [-0.2, -0.15) is 0 Å². The standard InChI is InChI=1S/C14H20O/c1-13(2)5-9-4-11-12(15)8-14(11,3)7-10(9)6-13/h4,10-11H,5-8H2,1-3H3/t10?,11-,14+/m1/s1. The first-order valence-corrected chi connectivity index (χ1v) is 6.13. The Morgan fingerprint density at radius 2 is 1.93 bits per heavy atom. The minimum atomic E-state index is 0.276. The molecule has 0 aromatic rings. The molecular weight excluding hydrogens is 184 g/mol. The molecule has 3 rings (SSSR count). The Kier molecular flexibility index (Phi) is 1.64. The Hall–Kier alpha value is -0.590. The van der Waals surface area contributed by atoms with Crippen molar-refractivity contribution in [3.63, 3.8) is 0 Å². The van der Waals surface area contributed by atoms with Crippen LogP contribution in [0.25, 0.3) is 0 Å². The van der Waals surface area contributed by atoms with E-state index in [4.69, 9.17) is 0 Å². The summed E-state index contributed by atoms with van der Waals surface area (Å²) in [5, 5.41) is 0. The molecule has 0 aromatic heterocycles. The van der Waals surface area contributed by atoms with Crippen LogP contribution in [0.3, 0.4) is 0 Å². The molecule has 0 spiro atoms. The molecule has 0 radical (unpaired) electrons. The van der Waals surface area contributed by atoms with E-state index in [1.54, 1.807) is 5.57 Å². The summed E-state index contributed by atoms with van der Waals surface area (Å²) in [5.74, 6) is 1.54. The summed E-state index contributed by atoms with van der Waals surface area (Å²) in [5.41, 5.74) is 2.39. The van der Waals surface area contributed by atoms with Gasteiger partial charge in [0.1, 0.15) is 5.78 Å². The van der Waals surface area contributed by atoms with Crippen molar-refractivity contribution < 1.29 is 4.79 Å². The smallest absolute Gasteiger partial charge is 0.140 e. The molecule has 3 aliphatic rings. The van der Waals surface area contributed by atoms with Crippen molar-refractivity contribution in [2.75, 3.05) is 0 Å². The number of ketones is 1. The van der Waals surface area contributed by atoms with Gasteiger partial charge in [0.2, 0.25) is 0 Å². The highest BCUT2D eigenvalue weighted by atomic mass is 16.1. The van der Waals surface area contributed by atoms with Crippen LogP contribution in [0.1, 0.15) is 46.5 Å². The summed E-state index contributed by atoms with van der Waals surface area (Å²) >= 11 is 0. The lowest BCUT2D eigenvalue weighted by molar-refractivity contribution is -0.140. The molecule has 2 fully saturated rings. The van der Waals surface area contributed by atoms with Gasteiger partial charge < -0.3 is 0 Å². The predicted molar refractivity (Wildman–Crippen MR) is 60.4 cm³/mol. The SMILES string of the molecule is CC1(C)CC2=C[C@@H]3C(=O)C[C@]3(C)CC2C1. The summed E-state index contributed by atoms with van der Waals surface area (Å²) in [6.07, 6.45) is 6.97. The molecule has 0 heterocycles. The second-order valence-corrected chi connectivity index (χ2v) is 6.96. The Morgan fingerprint density at radius 1 is 1.20 bits per heavy atom. The maximum atomic E-state index is 11.6. The Labute approximate surface area is 91.9 Å². The lowest BCUT2D eigenvalue weighted by Gasteiger charge is -2.49. The van der Waals surface area contributed by atoms with Crippen molar-refractivity contribution in [1.82, 2.24) is 0 Å². The van der Waals surface area contributed by atoms with E-state index in [9.17, 15) is 4.79 Å². The third kappa shape index (κ3) is 1.25. The van der Waals surface area contributed by atoms with Crippen molar-refractivity contribution in [1.29, 1.82) is 0 Å². The van der Waals surface area contributed by atoms with Gasteiger partial charge in [0.05, 0.1) is 0 Å². The number of carbonyl (C=O) groups is 1. The molecule has 0 aromatic carbocycles. The van der Waals surface area contributed by atoms with Gasteiger partial charge in [0.25, 0.3) is 0 Å². The summed E-state index contributed by atoms with van der Waals surface area (Å²) in [6, 6.07) is 0. The van der Waals surface area contributed by atoms with Crippen molar-refractivity contribution in [3.8, 4) is 0 Å². The van der Waals surface area contributed by atoms with Gasteiger partial charge in [0.15, 0.2) is 0 Å². The van der Waals surface area contributed by atoms with E-state index in [2.05, 4.69) is 26.8 Å². The van der Waals surface area contributed by atoms with Crippen LogP contribution in [-0.2, 0) is 4.79 Å². The van der Waals surface area contributed by atoms with E-state index in [1.807, 2.05) is 0 Å². The van der Waals surface area contributed by atoms with E-state index in [1.165, 1.54) is 19.3 Å². The molecule has 15 heavy (non-hydrogen) atoms. The summed E-state index contributed by atoms with van der Waals surface area (Å²) in [7, 11) is 0. The molecule has 0 N–H and O–H groups in total. The van der Waals surface area contributed by atoms with Gasteiger partial charge in [-0.1, -0.05) is 32.4 Å². The lowest BCUT2D eigenvalue weighted by atomic mass is 9.53. The van der Waals surface area contributed by atoms with Crippen LogP contribution in [0.5, 0.6) is 0 Å². The largest absolute Gasteiger partial charge is 0.299 e. The Morgan fingerprint density at radius 3 is 2.60 bits per heavy atom. The van der Waals surface area contributed by atoms with Crippen LogP contribution in [0, 0.1) is 22.7 Å². The fourth-order valence-corrected chi connectivity index (χ4v) is 4.11. The lowest BCUT2D eigenvalue weighted by Crippen LogP contribution is -2.48. The average molecular weight is 204 g/mol. The number of hydrogen-bond donors (Lipinski definition) is 0. The quantitative estimate of drug-likeness (QED) is 0.553. The van der Waals surface area contributed by atoms with Gasteiger partial charge in [-0.05, 0) is 36.0 Å². The van der Waals surface area contributed by atoms with E-state index < -0.39 is 0 Å². The zero-order valence-corrected chi connectivity index (χ0v) is 9.97. The van der Waals surface area contributed by atoms with Crippen LogP contribution in [-0.4, -0.2) is 5.78 Å². The molecule has 0 bridgehead atoms. The number of hydrogen-bond acceptors (Lipinski definition) is 1. The normalized spacial score (nSPS) is 46.6. The second-order valence-electron chi connectivity index (χ2n) is 6.96. The van der Waals surface area contributed by atoms with Crippen LogP contribution in [0.15, 0.2) is 11.6 Å². The van der Waals surface area contributed by atoms with Gasteiger partial charge in [0, 0.05) is 12.3 Å². The summed E-state index contributed by atoms with van der Waals surface area (Å²) in [4.78, 5) is 11.6. The van der Waals surface area contributed by atoms with Crippen molar-refractivity contribution >= 4 is 5.78 Å². The average Bonchev–Trinajstić information content (AvgIpc) is 2.36. The van der Waals surface area contributed by atoms with Gasteiger partial charge in [-0.15, -0.1) is 0 Å². The topological polar surface area (TPSA) is 17.1 Å². The molecule has 3 aliphatic carbocycles. The second kappa shape index (κ2) is 2.56. The third-order valence-corrected chi connectivity index (χ3v) is 4.78. The molecule has 1 unspecified atom stereocenters. The summed E-state index contributed by atoms with van der Waals surface area (Å²) in [6.45, 7) is 7.02. The minimum absolute atomic E-state index is 0.276. The van der Waals surface area contributed by atoms with Gasteiger partial charge in [-0.25, -0.2) is 0 Å². The predicted octanol–water partition coefficient (Wildman–Crippen LogP) is 3.35. The molecule has 0 amide bonds. The minimum Gasteiger partial charge on any atom is -0.299 e.